The molecule has 8 aromatic rings. The van der Waals surface area contributed by atoms with Gasteiger partial charge in [-0.2, -0.15) is 0 Å². The topological polar surface area (TPSA) is 104 Å². The minimum atomic E-state index is -0.397. The number of carbonyl (C=O) groups is 2. The molecule has 256 valence electrons. The highest BCUT2D eigenvalue weighted by molar-refractivity contribution is 5.94. The zero-order valence-electron chi connectivity index (χ0n) is 29.0. The highest BCUT2D eigenvalue weighted by Crippen LogP contribution is 2.35. The summed E-state index contributed by atoms with van der Waals surface area (Å²) < 4.78 is 10.1. The molecule has 0 aliphatic rings. The molecule has 0 radical (unpaired) electrons. The maximum atomic E-state index is 12.3. The van der Waals surface area contributed by atoms with Gasteiger partial charge in [-0.25, -0.2) is 29.5 Å². The average Bonchev–Trinajstić information content (AvgIpc) is 3.23. The summed E-state index contributed by atoms with van der Waals surface area (Å²) in [4.78, 5) is 44.9. The molecule has 0 atom stereocenters. The van der Waals surface area contributed by atoms with Crippen LogP contribution in [0.4, 0.5) is 0 Å². The first-order chi connectivity index (χ1) is 26.0. The second-order valence-corrected chi connectivity index (χ2v) is 12.3. The molecular weight excluding hydrogens is 661 g/mol. The molecule has 2 aromatic heterocycles. The number of benzene rings is 6. The van der Waals surface area contributed by atoms with E-state index in [1.165, 1.54) is 7.11 Å². The number of ether oxygens (including phenoxy) is 2. The predicted molar refractivity (Wildman–Crippen MR) is 207 cm³/mol. The summed E-state index contributed by atoms with van der Waals surface area (Å²) in [7, 11) is 1.37. The number of carbonyl (C=O) groups excluding carboxylic acids is 2. The van der Waals surface area contributed by atoms with Gasteiger partial charge in [0.05, 0.1) is 69.7 Å². The molecule has 0 bridgehead atoms. The lowest BCUT2D eigenvalue weighted by atomic mass is 10.00. The van der Waals surface area contributed by atoms with Crippen molar-refractivity contribution in [1.29, 1.82) is 0 Å². The smallest absolute Gasteiger partial charge is 0.338 e. The van der Waals surface area contributed by atoms with E-state index in [2.05, 4.69) is 0 Å². The Morgan fingerprint density at radius 2 is 0.792 bits per heavy atom. The van der Waals surface area contributed by atoms with Crippen molar-refractivity contribution in [1.82, 2.24) is 19.9 Å². The van der Waals surface area contributed by atoms with Gasteiger partial charge < -0.3 is 9.47 Å². The maximum absolute atomic E-state index is 12.3. The highest BCUT2D eigenvalue weighted by Gasteiger charge is 2.17. The van der Waals surface area contributed by atoms with Crippen molar-refractivity contribution < 1.29 is 19.1 Å². The van der Waals surface area contributed by atoms with E-state index in [9.17, 15) is 9.59 Å². The van der Waals surface area contributed by atoms with Gasteiger partial charge in [-0.05, 0) is 66.6 Å². The van der Waals surface area contributed by atoms with Gasteiger partial charge in [0, 0.05) is 22.3 Å². The van der Waals surface area contributed by atoms with E-state index in [-0.39, 0.29) is 5.97 Å². The summed E-state index contributed by atoms with van der Waals surface area (Å²) in [5.74, 6) is -0.757. The zero-order valence-corrected chi connectivity index (χ0v) is 29.0. The van der Waals surface area contributed by atoms with Gasteiger partial charge in [0.2, 0.25) is 0 Å². The van der Waals surface area contributed by atoms with Crippen LogP contribution in [0.3, 0.4) is 0 Å². The fourth-order valence-electron chi connectivity index (χ4n) is 6.33. The fraction of sp³-hybridized carbons (Fsp3) is 0.0667. The minimum absolute atomic E-state index is 0.313. The van der Waals surface area contributed by atoms with Crippen LogP contribution in [0.15, 0.2) is 146 Å². The Labute approximate surface area is 305 Å². The highest BCUT2D eigenvalue weighted by atomic mass is 16.5. The summed E-state index contributed by atoms with van der Waals surface area (Å²) in [6.45, 7) is 2.10. The molecule has 0 fully saturated rings. The summed E-state index contributed by atoms with van der Waals surface area (Å²) in [5, 5.41) is 0. The first-order valence-corrected chi connectivity index (χ1v) is 17.2. The normalized spacial score (nSPS) is 11.1. The number of esters is 2. The van der Waals surface area contributed by atoms with Crippen molar-refractivity contribution in [3.63, 3.8) is 0 Å². The number of nitrogens with zero attached hydrogens (tertiary/aromatic N) is 4. The number of methoxy groups -OCH3 is 1. The van der Waals surface area contributed by atoms with Gasteiger partial charge in [0.1, 0.15) is 0 Å². The third kappa shape index (κ3) is 6.61. The van der Waals surface area contributed by atoms with Crippen molar-refractivity contribution in [2.75, 3.05) is 13.7 Å². The van der Waals surface area contributed by atoms with Crippen molar-refractivity contribution >= 4 is 34.0 Å². The Hall–Kier alpha value is -7.06. The van der Waals surface area contributed by atoms with Gasteiger partial charge in [-0.1, -0.05) is 97.1 Å². The lowest BCUT2D eigenvalue weighted by Gasteiger charge is -2.13. The summed E-state index contributed by atoms with van der Waals surface area (Å²) in [6.07, 6.45) is 0. The van der Waals surface area contributed by atoms with E-state index in [1.807, 2.05) is 121 Å². The van der Waals surface area contributed by atoms with Gasteiger partial charge >= 0.3 is 11.9 Å². The van der Waals surface area contributed by atoms with Crippen LogP contribution >= 0.6 is 0 Å². The monoisotopic (exact) mass is 692 g/mol. The molecule has 2 heterocycles. The van der Waals surface area contributed by atoms with Crippen LogP contribution in [0.5, 0.6) is 0 Å². The molecule has 53 heavy (non-hydrogen) atoms. The van der Waals surface area contributed by atoms with E-state index in [0.29, 0.717) is 29.1 Å². The predicted octanol–water partition coefficient (Wildman–Crippen LogP) is 9.87. The Kier molecular flexibility index (Phi) is 8.92. The molecular formula is C45H32N4O4. The summed E-state index contributed by atoms with van der Waals surface area (Å²) >= 11 is 0. The number of fused-ring (bicyclic) bond motifs is 2. The molecule has 0 spiro atoms. The van der Waals surface area contributed by atoms with E-state index >= 15 is 0 Å². The van der Waals surface area contributed by atoms with Crippen LogP contribution in [0.2, 0.25) is 0 Å². The standard InChI is InChI=1S/C45H32N4O4/c1-3-53-45(51)33-20-16-30(17-21-33)42-41(29-12-8-5-9-13-29)48-38-26-34(23-25-37(38)47-42)35-22-24-36-39(27-35)49-43(40(46-36)28-10-6-4-7-11-28)31-14-18-32(19-15-31)44(50)52-2/h4-27H,3H2,1-2H3. The van der Waals surface area contributed by atoms with Gasteiger partial charge in [0.15, 0.2) is 0 Å². The van der Waals surface area contributed by atoms with Crippen molar-refractivity contribution in [2.45, 2.75) is 6.92 Å². The molecule has 8 rings (SSSR count). The molecule has 0 saturated heterocycles. The molecule has 0 saturated carbocycles. The molecule has 0 aliphatic heterocycles. The molecule has 0 N–H and O–H groups in total. The first-order valence-electron chi connectivity index (χ1n) is 17.2. The first kappa shape index (κ1) is 33.1. The van der Waals surface area contributed by atoms with Crippen LogP contribution in [-0.4, -0.2) is 45.6 Å². The van der Waals surface area contributed by atoms with E-state index in [1.54, 1.807) is 31.2 Å². The Bertz CT molecular complexity index is 2630. The molecule has 8 nitrogen and oxygen atoms in total. The van der Waals surface area contributed by atoms with Crippen molar-refractivity contribution in [3.8, 4) is 56.2 Å². The molecule has 0 aliphatic carbocycles. The number of rotatable bonds is 8. The SMILES string of the molecule is CCOC(=O)c1ccc(-c2nc3ccc(-c4ccc5nc(-c6ccccc6)c(-c6ccc(C(=O)OC)cc6)nc5c4)cc3nc2-c2ccccc2)cc1. The van der Waals surface area contributed by atoms with Crippen LogP contribution in [0, 0.1) is 0 Å². The fourth-order valence-corrected chi connectivity index (χ4v) is 6.33. The third-order valence-electron chi connectivity index (χ3n) is 9.01. The summed E-state index contributed by atoms with van der Waals surface area (Å²) in [5.41, 5.74) is 12.3. The van der Waals surface area contributed by atoms with E-state index < -0.39 is 5.97 Å². The Balaban J connectivity index is 1.22. The second kappa shape index (κ2) is 14.3. The zero-order chi connectivity index (χ0) is 36.3. The van der Waals surface area contributed by atoms with Crippen LogP contribution < -0.4 is 0 Å². The van der Waals surface area contributed by atoms with Crippen LogP contribution in [0.1, 0.15) is 27.6 Å². The minimum Gasteiger partial charge on any atom is -0.465 e. The van der Waals surface area contributed by atoms with Crippen molar-refractivity contribution in [3.05, 3.63) is 157 Å². The second-order valence-electron chi connectivity index (χ2n) is 12.3. The van der Waals surface area contributed by atoms with Crippen molar-refractivity contribution in [2.24, 2.45) is 0 Å². The number of hydrogen-bond donors (Lipinski definition) is 0. The van der Waals surface area contributed by atoms with Crippen LogP contribution in [-0.2, 0) is 9.47 Å². The molecule has 0 unspecified atom stereocenters. The quantitative estimate of drug-likeness (QED) is 0.145. The summed E-state index contributed by atoms with van der Waals surface area (Å²) in [6, 6.07) is 46.5. The van der Waals surface area contributed by atoms with E-state index in [4.69, 9.17) is 29.4 Å². The van der Waals surface area contributed by atoms with E-state index in [0.717, 1.165) is 66.8 Å². The lowest BCUT2D eigenvalue weighted by molar-refractivity contribution is 0.0525. The molecule has 0 amide bonds. The third-order valence-corrected chi connectivity index (χ3v) is 9.01. The largest absolute Gasteiger partial charge is 0.465 e. The lowest BCUT2D eigenvalue weighted by Crippen LogP contribution is -2.04. The maximum Gasteiger partial charge on any atom is 0.338 e. The average molecular weight is 693 g/mol. The van der Waals surface area contributed by atoms with Gasteiger partial charge in [-0.15, -0.1) is 0 Å². The number of aromatic nitrogens is 4. The van der Waals surface area contributed by atoms with Gasteiger partial charge in [-0.3, -0.25) is 0 Å². The molecule has 8 heteroatoms. The Morgan fingerprint density at radius 1 is 0.434 bits per heavy atom. The number of hydrogen-bond acceptors (Lipinski definition) is 8. The molecule has 6 aromatic carbocycles. The Morgan fingerprint density at radius 3 is 1.19 bits per heavy atom. The van der Waals surface area contributed by atoms with Gasteiger partial charge in [0.25, 0.3) is 0 Å². The van der Waals surface area contributed by atoms with Crippen LogP contribution in [0.25, 0.3) is 78.2 Å².